The number of aromatic amines is 1. The number of nitrogens with zero attached hydrogens (tertiary/aromatic N) is 1. The molecule has 2 aromatic carbocycles. The molecular formula is C21H17ClN2O7. The number of phenolic OH excluding ortho intramolecular Hbond substituents is 1. The third-order valence-electron chi connectivity index (χ3n) is 4.04. The molecule has 0 aliphatic heterocycles. The molecule has 160 valence electrons. The summed E-state index contributed by atoms with van der Waals surface area (Å²) in [5.74, 6) is 1.63. The third kappa shape index (κ3) is 6.51. The SMILES string of the molecule is COc1ccc(-c2cc(=Nc3ccc[nH+]c3)c3cc(O)ccc3o2)cc1.[O-][Cl+3]([O-])([O-])[O-]. The monoisotopic (exact) mass is 444 g/mol. The molecule has 0 atom stereocenters. The molecule has 4 rings (SSSR count). The highest BCUT2D eigenvalue weighted by Gasteiger charge is 2.08. The molecule has 0 aliphatic carbocycles. The minimum Gasteiger partial charge on any atom is -0.508 e. The number of rotatable bonds is 3. The minimum atomic E-state index is -4.94. The lowest BCUT2D eigenvalue weighted by Crippen LogP contribution is -2.68. The van der Waals surface area contributed by atoms with Crippen LogP contribution in [0.4, 0.5) is 5.69 Å². The van der Waals surface area contributed by atoms with Crippen LogP contribution in [0, 0.1) is 10.2 Å². The van der Waals surface area contributed by atoms with E-state index in [0.717, 1.165) is 22.4 Å². The Morgan fingerprint density at radius 1 is 1.00 bits per heavy atom. The number of methoxy groups -OCH3 is 1. The average Bonchev–Trinajstić information content (AvgIpc) is 2.73. The van der Waals surface area contributed by atoms with E-state index in [9.17, 15) is 5.11 Å². The Balaban J connectivity index is 0.000000491. The Kier molecular flexibility index (Phi) is 6.85. The van der Waals surface area contributed by atoms with Crippen molar-refractivity contribution in [2.75, 3.05) is 7.11 Å². The van der Waals surface area contributed by atoms with Crippen LogP contribution >= 0.6 is 0 Å². The van der Waals surface area contributed by atoms with Gasteiger partial charge < -0.3 is 14.3 Å². The molecule has 31 heavy (non-hydrogen) atoms. The third-order valence-corrected chi connectivity index (χ3v) is 4.04. The fourth-order valence-corrected chi connectivity index (χ4v) is 2.74. The number of halogens is 1. The number of nitrogens with one attached hydrogen (secondary N) is 1. The van der Waals surface area contributed by atoms with Crippen LogP contribution in [0.3, 0.4) is 0 Å². The first-order valence-electron chi connectivity index (χ1n) is 8.77. The number of hydrogen-bond acceptors (Lipinski definition) is 8. The molecule has 2 heterocycles. The van der Waals surface area contributed by atoms with Gasteiger partial charge in [0.1, 0.15) is 28.5 Å². The maximum absolute atomic E-state index is 9.86. The summed E-state index contributed by atoms with van der Waals surface area (Å²) in [6, 6.07) is 18.3. The van der Waals surface area contributed by atoms with Crippen LogP contribution in [0.5, 0.6) is 11.5 Å². The fraction of sp³-hybridized carbons (Fsp3) is 0.0476. The van der Waals surface area contributed by atoms with Gasteiger partial charge in [-0.1, -0.05) is 0 Å². The van der Waals surface area contributed by atoms with Crippen LogP contribution in [-0.4, -0.2) is 12.2 Å². The zero-order valence-corrected chi connectivity index (χ0v) is 16.9. The maximum atomic E-state index is 9.86. The zero-order chi connectivity index (χ0) is 22.4. The molecule has 2 N–H and O–H groups in total. The summed E-state index contributed by atoms with van der Waals surface area (Å²) in [5, 5.41) is 11.3. The van der Waals surface area contributed by atoms with Crippen LogP contribution < -0.4 is 33.7 Å². The lowest BCUT2D eigenvalue weighted by Gasteiger charge is -2.17. The molecule has 0 amide bonds. The summed E-state index contributed by atoms with van der Waals surface area (Å²) in [6.45, 7) is 0. The second kappa shape index (κ2) is 9.56. The predicted octanol–water partition coefficient (Wildman–Crippen LogP) is -0.895. The highest BCUT2D eigenvalue weighted by Crippen LogP contribution is 2.26. The average molecular weight is 445 g/mol. The van der Waals surface area contributed by atoms with Crippen LogP contribution in [0.15, 0.2) is 82.5 Å². The number of aromatic hydroxyl groups is 1. The van der Waals surface area contributed by atoms with Gasteiger partial charge in [0.25, 0.3) is 0 Å². The van der Waals surface area contributed by atoms with Crippen molar-refractivity contribution in [1.82, 2.24) is 0 Å². The van der Waals surface area contributed by atoms with E-state index in [4.69, 9.17) is 32.8 Å². The fourth-order valence-electron chi connectivity index (χ4n) is 2.74. The second-order valence-electron chi connectivity index (χ2n) is 6.16. The van der Waals surface area contributed by atoms with Gasteiger partial charge in [0, 0.05) is 23.1 Å². The number of hydrogen-bond donors (Lipinski definition) is 1. The normalized spacial score (nSPS) is 11.7. The number of fused-ring (bicyclic) bond motifs is 1. The Morgan fingerprint density at radius 2 is 1.71 bits per heavy atom. The summed E-state index contributed by atoms with van der Waals surface area (Å²) in [7, 11) is -3.31. The van der Waals surface area contributed by atoms with Gasteiger partial charge in [0.2, 0.25) is 0 Å². The smallest absolute Gasteiger partial charge is 0.192 e. The second-order valence-corrected chi connectivity index (χ2v) is 6.91. The van der Waals surface area contributed by atoms with E-state index in [2.05, 4.69) is 4.98 Å². The number of aromatic nitrogens is 1. The largest absolute Gasteiger partial charge is 0.508 e. The quantitative estimate of drug-likeness (QED) is 0.428. The topological polar surface area (TPSA) is 161 Å². The molecular weight excluding hydrogens is 428 g/mol. The van der Waals surface area contributed by atoms with Crippen molar-refractivity contribution in [1.29, 1.82) is 0 Å². The van der Waals surface area contributed by atoms with Gasteiger partial charge in [-0.25, -0.2) is 28.6 Å². The number of ether oxygens (including phenoxy) is 1. The predicted molar refractivity (Wildman–Crippen MR) is 98.1 cm³/mol. The first kappa shape index (κ1) is 22.2. The van der Waals surface area contributed by atoms with Crippen molar-refractivity contribution in [3.8, 4) is 22.8 Å². The van der Waals surface area contributed by atoms with E-state index in [1.165, 1.54) is 0 Å². The molecule has 0 fully saturated rings. The highest BCUT2D eigenvalue weighted by atomic mass is 35.7. The molecule has 0 aliphatic rings. The molecule has 0 spiro atoms. The van der Waals surface area contributed by atoms with E-state index in [1.807, 2.05) is 54.9 Å². The van der Waals surface area contributed by atoms with Crippen LogP contribution in [-0.2, 0) is 0 Å². The van der Waals surface area contributed by atoms with Gasteiger partial charge in [-0.3, -0.25) is 0 Å². The summed E-state index contributed by atoms with van der Waals surface area (Å²) in [5.41, 5.74) is 2.34. The van der Waals surface area contributed by atoms with Crippen molar-refractivity contribution in [3.05, 3.63) is 78.4 Å². The number of pyridine rings is 1. The lowest BCUT2D eigenvalue weighted by atomic mass is 10.1. The van der Waals surface area contributed by atoms with E-state index in [-0.39, 0.29) is 5.75 Å². The van der Waals surface area contributed by atoms with Crippen molar-refractivity contribution in [3.63, 3.8) is 0 Å². The van der Waals surface area contributed by atoms with Crippen LogP contribution in [0.25, 0.3) is 22.3 Å². The molecule has 0 saturated heterocycles. The summed E-state index contributed by atoms with van der Waals surface area (Å²) in [6.07, 6.45) is 3.64. The van der Waals surface area contributed by atoms with Crippen LogP contribution in [0.1, 0.15) is 0 Å². The van der Waals surface area contributed by atoms with E-state index >= 15 is 0 Å². The summed E-state index contributed by atoms with van der Waals surface area (Å²) >= 11 is 0. The lowest BCUT2D eigenvalue weighted by molar-refractivity contribution is -2.00. The molecule has 4 aromatic rings. The standard InChI is InChI=1S/C21H16N2O3.ClHO4/c1-25-17-7-4-14(5-8-17)21-12-19(23-15-3-2-10-22-13-15)18-11-16(24)6-9-20(18)26-21;2-1(3,4)5/h2-13,24H,1H3;(H,2,3,4,5). The van der Waals surface area contributed by atoms with Crippen molar-refractivity contribution in [2.24, 2.45) is 4.99 Å². The Labute approximate surface area is 178 Å². The first-order valence-corrected chi connectivity index (χ1v) is 10.0. The van der Waals surface area contributed by atoms with E-state index in [1.54, 1.807) is 25.3 Å². The molecule has 10 heteroatoms. The van der Waals surface area contributed by atoms with Crippen molar-refractivity contribution >= 4 is 16.7 Å². The van der Waals surface area contributed by atoms with Crippen molar-refractivity contribution < 1.29 is 48.1 Å². The molecule has 9 nitrogen and oxygen atoms in total. The molecule has 0 unspecified atom stereocenters. The summed E-state index contributed by atoms with van der Waals surface area (Å²) < 4.78 is 45.2. The summed E-state index contributed by atoms with van der Waals surface area (Å²) in [4.78, 5) is 7.72. The number of benzene rings is 2. The highest BCUT2D eigenvalue weighted by molar-refractivity contribution is 5.80. The first-order chi connectivity index (χ1) is 14.7. The van der Waals surface area contributed by atoms with Gasteiger partial charge in [0.15, 0.2) is 12.4 Å². The van der Waals surface area contributed by atoms with E-state index < -0.39 is 10.2 Å². The maximum Gasteiger partial charge on any atom is 0.192 e. The molecule has 0 bridgehead atoms. The minimum absolute atomic E-state index is 0.168. The number of phenols is 1. The Bertz CT molecular complexity index is 1210. The van der Waals surface area contributed by atoms with Gasteiger partial charge >= 0.3 is 0 Å². The number of H-pyrrole nitrogens is 1. The Hall–Kier alpha value is -3.47. The molecule has 2 aromatic heterocycles. The van der Waals surface area contributed by atoms with Gasteiger partial charge in [-0.05, 0) is 48.5 Å². The van der Waals surface area contributed by atoms with Gasteiger partial charge in [-0.15, -0.1) is 10.2 Å². The Morgan fingerprint density at radius 3 is 2.32 bits per heavy atom. The molecule has 0 radical (unpaired) electrons. The van der Waals surface area contributed by atoms with Crippen molar-refractivity contribution in [2.45, 2.75) is 0 Å². The zero-order valence-electron chi connectivity index (χ0n) is 16.2. The van der Waals surface area contributed by atoms with Crippen LogP contribution in [0.2, 0.25) is 0 Å². The van der Waals surface area contributed by atoms with Gasteiger partial charge in [0.05, 0.1) is 12.5 Å². The van der Waals surface area contributed by atoms with Gasteiger partial charge in [-0.2, -0.15) is 0 Å². The van der Waals surface area contributed by atoms with E-state index in [0.29, 0.717) is 16.7 Å². The molecule has 0 saturated carbocycles.